The van der Waals surface area contributed by atoms with Gasteiger partial charge in [0.1, 0.15) is 11.9 Å². The first-order chi connectivity index (χ1) is 13.3. The maximum atomic E-state index is 12.7. The summed E-state index contributed by atoms with van der Waals surface area (Å²) >= 11 is 0. The highest BCUT2D eigenvalue weighted by atomic mass is 16.5. The molecule has 0 spiro atoms. The molecule has 1 aromatic heterocycles. The van der Waals surface area contributed by atoms with E-state index in [1.54, 1.807) is 0 Å². The molecule has 0 aromatic carbocycles. The highest BCUT2D eigenvalue weighted by molar-refractivity contribution is 5.81. The summed E-state index contributed by atoms with van der Waals surface area (Å²) < 4.78 is 5.66. The monoisotopic (exact) mass is 373 g/mol. The minimum Gasteiger partial charge on any atom is -0.366 e. The van der Waals surface area contributed by atoms with Crippen LogP contribution in [0.25, 0.3) is 0 Å². The van der Waals surface area contributed by atoms with E-state index in [-0.39, 0.29) is 12.0 Å². The van der Waals surface area contributed by atoms with Crippen molar-refractivity contribution in [3.8, 4) is 0 Å². The lowest BCUT2D eigenvalue weighted by molar-refractivity contribution is -0.147. The van der Waals surface area contributed by atoms with Gasteiger partial charge in [0.2, 0.25) is 0 Å². The number of amides is 1. The Kier molecular flexibility index (Phi) is 6.21. The second-order valence-electron chi connectivity index (χ2n) is 7.83. The molecule has 0 bridgehead atoms. The second kappa shape index (κ2) is 8.99. The van der Waals surface area contributed by atoms with Crippen LogP contribution in [0.3, 0.4) is 0 Å². The molecule has 4 heterocycles. The van der Waals surface area contributed by atoms with Crippen molar-refractivity contribution in [3.05, 3.63) is 24.4 Å². The van der Waals surface area contributed by atoms with Crippen LogP contribution in [-0.2, 0) is 9.53 Å². The Hall–Kier alpha value is -1.70. The fourth-order valence-electron chi connectivity index (χ4n) is 4.41. The van der Waals surface area contributed by atoms with E-state index in [1.807, 2.05) is 23.2 Å². The Bertz CT molecular complexity index is 600. The van der Waals surface area contributed by atoms with Gasteiger partial charge in [0.15, 0.2) is 0 Å². The Morgan fingerprint density at radius 2 is 2.11 bits per heavy atom. The molecule has 3 aliphatic rings. The van der Waals surface area contributed by atoms with Crippen LogP contribution in [0.2, 0.25) is 0 Å². The van der Waals surface area contributed by atoms with Crippen LogP contribution in [0.4, 0.5) is 5.82 Å². The van der Waals surface area contributed by atoms with Gasteiger partial charge in [-0.1, -0.05) is 6.07 Å². The number of hydrogen-bond donors (Lipinski definition) is 1. The number of nitrogens with one attached hydrogen (secondary N) is 1. The van der Waals surface area contributed by atoms with Gasteiger partial charge in [-0.15, -0.1) is 0 Å². The van der Waals surface area contributed by atoms with Gasteiger partial charge in [-0.3, -0.25) is 9.69 Å². The van der Waals surface area contributed by atoms with Gasteiger partial charge in [0.05, 0.1) is 6.61 Å². The average Bonchev–Trinajstić information content (AvgIpc) is 2.75. The molecule has 0 aliphatic carbocycles. The molecule has 3 fully saturated rings. The lowest BCUT2D eigenvalue weighted by Gasteiger charge is -2.40. The molecule has 27 heavy (non-hydrogen) atoms. The number of anilines is 1. The van der Waals surface area contributed by atoms with E-state index in [0.717, 1.165) is 64.6 Å². The number of aromatic nitrogens is 1. The van der Waals surface area contributed by atoms with E-state index in [9.17, 15) is 4.79 Å². The van der Waals surface area contributed by atoms with Crippen LogP contribution < -0.4 is 10.2 Å². The summed E-state index contributed by atoms with van der Waals surface area (Å²) in [6, 6.07) is 6.10. The number of pyridine rings is 1. The van der Waals surface area contributed by atoms with E-state index in [0.29, 0.717) is 19.1 Å². The standard InChI is InChI=1S/C20H31N5O2/c26-20(18-14-21-7-13-27-18)25-8-3-4-17(16-25)15-23-9-11-24(12-10-23)19-5-1-2-6-22-19/h1-2,5-6,17-18,21H,3-4,7-16H2/t17-,18-/m0/s1. The number of nitrogens with zero attached hydrogens (tertiary/aromatic N) is 4. The zero-order valence-corrected chi connectivity index (χ0v) is 16.1. The summed E-state index contributed by atoms with van der Waals surface area (Å²) in [5, 5.41) is 3.26. The third kappa shape index (κ3) is 4.78. The number of carbonyl (C=O) groups excluding carboxylic acids is 1. The molecule has 4 rings (SSSR count). The first kappa shape index (κ1) is 18.7. The molecule has 3 saturated heterocycles. The maximum absolute atomic E-state index is 12.7. The van der Waals surface area contributed by atoms with Gasteiger partial charge in [-0.05, 0) is 30.9 Å². The zero-order valence-electron chi connectivity index (χ0n) is 16.1. The van der Waals surface area contributed by atoms with Crippen molar-refractivity contribution in [2.75, 3.05) is 70.4 Å². The molecule has 148 valence electrons. The predicted molar refractivity (Wildman–Crippen MR) is 105 cm³/mol. The van der Waals surface area contributed by atoms with Crippen LogP contribution in [-0.4, -0.2) is 92.3 Å². The normalized spacial score (nSPS) is 27.6. The lowest BCUT2D eigenvalue weighted by atomic mass is 9.96. The predicted octanol–water partition coefficient (Wildman–Crippen LogP) is 0.431. The number of rotatable bonds is 4. The summed E-state index contributed by atoms with van der Waals surface area (Å²) in [5.41, 5.74) is 0. The van der Waals surface area contributed by atoms with Crippen LogP contribution in [0.1, 0.15) is 12.8 Å². The first-order valence-corrected chi connectivity index (χ1v) is 10.3. The SMILES string of the molecule is O=C([C@@H]1CNCCO1)N1CCC[C@@H](CN2CCN(c3ccccn3)CC2)C1. The Morgan fingerprint density at radius 1 is 1.22 bits per heavy atom. The maximum Gasteiger partial charge on any atom is 0.253 e. The van der Waals surface area contributed by atoms with Crippen LogP contribution in [0.15, 0.2) is 24.4 Å². The Balaban J connectivity index is 1.24. The van der Waals surface area contributed by atoms with Crippen molar-refractivity contribution in [2.45, 2.75) is 18.9 Å². The molecular formula is C20H31N5O2. The molecule has 0 saturated carbocycles. The van der Waals surface area contributed by atoms with Crippen molar-refractivity contribution >= 4 is 11.7 Å². The average molecular weight is 374 g/mol. The number of piperazine rings is 1. The topological polar surface area (TPSA) is 60.9 Å². The van der Waals surface area contributed by atoms with Crippen molar-refractivity contribution in [1.29, 1.82) is 0 Å². The van der Waals surface area contributed by atoms with Gasteiger partial charge >= 0.3 is 0 Å². The van der Waals surface area contributed by atoms with Gasteiger partial charge in [-0.25, -0.2) is 4.98 Å². The smallest absolute Gasteiger partial charge is 0.253 e. The molecule has 1 amide bonds. The quantitative estimate of drug-likeness (QED) is 0.826. The Labute approximate surface area is 161 Å². The molecule has 3 aliphatic heterocycles. The van der Waals surface area contributed by atoms with Crippen LogP contribution in [0.5, 0.6) is 0 Å². The van der Waals surface area contributed by atoms with E-state index >= 15 is 0 Å². The number of morpholine rings is 1. The molecule has 2 atom stereocenters. The third-order valence-corrected chi connectivity index (χ3v) is 5.90. The summed E-state index contributed by atoms with van der Waals surface area (Å²) in [5.74, 6) is 1.82. The van der Waals surface area contributed by atoms with Gasteiger partial charge in [-0.2, -0.15) is 0 Å². The molecule has 0 radical (unpaired) electrons. The van der Waals surface area contributed by atoms with E-state index in [2.05, 4.69) is 26.2 Å². The Morgan fingerprint density at radius 3 is 2.85 bits per heavy atom. The molecule has 7 heteroatoms. The van der Waals surface area contributed by atoms with Crippen LogP contribution in [0, 0.1) is 5.92 Å². The van der Waals surface area contributed by atoms with Gasteiger partial charge in [0, 0.05) is 65.1 Å². The minimum absolute atomic E-state index is 0.173. The molecule has 0 unspecified atom stereocenters. The largest absolute Gasteiger partial charge is 0.366 e. The number of likely N-dealkylation sites (tertiary alicyclic amines) is 1. The highest BCUT2D eigenvalue weighted by Crippen LogP contribution is 2.21. The van der Waals surface area contributed by atoms with E-state index in [1.165, 1.54) is 6.42 Å². The van der Waals surface area contributed by atoms with Gasteiger partial charge < -0.3 is 19.9 Å². The van der Waals surface area contributed by atoms with Crippen molar-refractivity contribution < 1.29 is 9.53 Å². The fourth-order valence-corrected chi connectivity index (χ4v) is 4.41. The lowest BCUT2D eigenvalue weighted by Crippen LogP contribution is -2.53. The van der Waals surface area contributed by atoms with Crippen molar-refractivity contribution in [3.63, 3.8) is 0 Å². The van der Waals surface area contributed by atoms with Crippen molar-refractivity contribution in [2.24, 2.45) is 5.92 Å². The van der Waals surface area contributed by atoms with Gasteiger partial charge in [0.25, 0.3) is 5.91 Å². The zero-order chi connectivity index (χ0) is 18.5. The molecule has 7 nitrogen and oxygen atoms in total. The number of carbonyl (C=O) groups is 1. The molecule has 1 aromatic rings. The summed E-state index contributed by atoms with van der Waals surface area (Å²) in [7, 11) is 0. The van der Waals surface area contributed by atoms with Crippen LogP contribution >= 0.6 is 0 Å². The summed E-state index contributed by atoms with van der Waals surface area (Å²) in [6.45, 7) is 9.14. The van der Waals surface area contributed by atoms with E-state index < -0.39 is 0 Å². The van der Waals surface area contributed by atoms with Crippen molar-refractivity contribution in [1.82, 2.24) is 20.1 Å². The summed E-state index contributed by atoms with van der Waals surface area (Å²) in [6.07, 6.45) is 3.89. The number of piperidine rings is 1. The summed E-state index contributed by atoms with van der Waals surface area (Å²) in [4.78, 5) is 24.1. The van der Waals surface area contributed by atoms with E-state index in [4.69, 9.17) is 4.74 Å². The molecular weight excluding hydrogens is 342 g/mol. The first-order valence-electron chi connectivity index (χ1n) is 10.3. The fraction of sp³-hybridized carbons (Fsp3) is 0.700. The minimum atomic E-state index is -0.292. The third-order valence-electron chi connectivity index (χ3n) is 5.90. The molecule has 1 N–H and O–H groups in total. The highest BCUT2D eigenvalue weighted by Gasteiger charge is 2.31. The number of hydrogen-bond acceptors (Lipinski definition) is 6. The number of ether oxygens (including phenoxy) is 1. The second-order valence-corrected chi connectivity index (χ2v) is 7.83.